The van der Waals surface area contributed by atoms with Crippen molar-refractivity contribution in [2.45, 2.75) is 19.3 Å². The fourth-order valence-corrected chi connectivity index (χ4v) is 3.89. The summed E-state index contributed by atoms with van der Waals surface area (Å²) in [7, 11) is 0. The third-order valence-electron chi connectivity index (χ3n) is 5.62. The van der Waals surface area contributed by atoms with Crippen LogP contribution in [0.15, 0.2) is 54.6 Å². The number of rotatable bonds is 6. The second kappa shape index (κ2) is 8.47. The maximum absolute atomic E-state index is 12.6. The topological polar surface area (TPSA) is 66.9 Å². The minimum Gasteiger partial charge on any atom is -0.493 e. The van der Waals surface area contributed by atoms with Gasteiger partial charge in [0.2, 0.25) is 5.91 Å². The van der Waals surface area contributed by atoms with Crippen molar-refractivity contribution in [1.82, 2.24) is 9.80 Å². The predicted molar refractivity (Wildman–Crippen MR) is 108 cm³/mol. The van der Waals surface area contributed by atoms with Crippen LogP contribution in [0.2, 0.25) is 0 Å². The lowest BCUT2D eigenvalue weighted by molar-refractivity contribution is -0.132. The number of benzene rings is 2. The summed E-state index contributed by atoms with van der Waals surface area (Å²) in [5.41, 5.74) is 0.841. The van der Waals surface area contributed by atoms with E-state index in [9.17, 15) is 14.4 Å². The number of piperidine rings is 1. The van der Waals surface area contributed by atoms with Crippen molar-refractivity contribution in [3.63, 3.8) is 0 Å². The van der Waals surface area contributed by atoms with E-state index in [1.54, 1.807) is 24.3 Å². The first-order valence-corrected chi connectivity index (χ1v) is 10.0. The summed E-state index contributed by atoms with van der Waals surface area (Å²) in [4.78, 5) is 40.4. The van der Waals surface area contributed by atoms with Crippen LogP contribution in [0, 0.1) is 5.92 Å². The summed E-state index contributed by atoms with van der Waals surface area (Å²) in [6, 6.07) is 16.5. The van der Waals surface area contributed by atoms with Crippen LogP contribution < -0.4 is 4.74 Å². The molecule has 29 heavy (non-hydrogen) atoms. The van der Waals surface area contributed by atoms with Crippen molar-refractivity contribution in [2.75, 3.05) is 26.2 Å². The van der Waals surface area contributed by atoms with Gasteiger partial charge in [0.25, 0.3) is 11.8 Å². The average Bonchev–Trinajstić information content (AvgIpc) is 3.02. The number of fused-ring (bicyclic) bond motifs is 1. The monoisotopic (exact) mass is 392 g/mol. The molecule has 4 rings (SSSR count). The van der Waals surface area contributed by atoms with E-state index >= 15 is 0 Å². The fraction of sp³-hybridized carbons (Fsp3) is 0.348. The van der Waals surface area contributed by atoms with Gasteiger partial charge in [0, 0.05) is 26.1 Å². The molecular weight excluding hydrogens is 368 g/mol. The highest BCUT2D eigenvalue weighted by molar-refractivity contribution is 6.21. The molecule has 0 aromatic heterocycles. The highest BCUT2D eigenvalue weighted by Gasteiger charge is 2.35. The molecule has 1 saturated heterocycles. The maximum Gasteiger partial charge on any atom is 0.261 e. The normalized spacial score (nSPS) is 16.8. The number of hydrogen-bond acceptors (Lipinski definition) is 4. The molecule has 150 valence electrons. The molecule has 3 amide bonds. The lowest BCUT2D eigenvalue weighted by Gasteiger charge is -2.32. The zero-order valence-corrected chi connectivity index (χ0v) is 16.3. The standard InChI is InChI=1S/C23H24N2O4/c26-21(12-15-25-22(27)19-8-4-5-9-20(19)23(25)28)24-13-10-17(11-14-24)16-29-18-6-2-1-3-7-18/h1-9,17H,10-16H2. The summed E-state index contributed by atoms with van der Waals surface area (Å²) in [5.74, 6) is 0.664. The van der Waals surface area contributed by atoms with Crippen molar-refractivity contribution in [2.24, 2.45) is 5.92 Å². The van der Waals surface area contributed by atoms with Crippen molar-refractivity contribution in [3.05, 3.63) is 65.7 Å². The first-order chi connectivity index (χ1) is 14.1. The summed E-state index contributed by atoms with van der Waals surface area (Å²) in [5, 5.41) is 0. The van der Waals surface area contributed by atoms with Crippen LogP contribution in [-0.4, -0.2) is 53.8 Å². The van der Waals surface area contributed by atoms with Crippen LogP contribution >= 0.6 is 0 Å². The van der Waals surface area contributed by atoms with Gasteiger partial charge in [-0.25, -0.2) is 0 Å². The Kier molecular flexibility index (Phi) is 5.60. The number of ether oxygens (including phenoxy) is 1. The molecule has 0 saturated carbocycles. The van der Waals surface area contributed by atoms with E-state index in [0.717, 1.165) is 18.6 Å². The smallest absolute Gasteiger partial charge is 0.261 e. The Morgan fingerprint density at radius 2 is 1.48 bits per heavy atom. The van der Waals surface area contributed by atoms with Crippen LogP contribution in [-0.2, 0) is 4.79 Å². The zero-order valence-electron chi connectivity index (χ0n) is 16.3. The van der Waals surface area contributed by atoms with Gasteiger partial charge in [-0.15, -0.1) is 0 Å². The van der Waals surface area contributed by atoms with E-state index in [0.29, 0.717) is 36.7 Å². The van der Waals surface area contributed by atoms with Gasteiger partial charge in [-0.3, -0.25) is 19.3 Å². The molecule has 2 heterocycles. The summed E-state index contributed by atoms with van der Waals surface area (Å²) >= 11 is 0. The Labute approximate surface area is 170 Å². The molecule has 0 unspecified atom stereocenters. The number of hydrogen-bond donors (Lipinski definition) is 0. The van der Waals surface area contributed by atoms with Crippen LogP contribution in [0.25, 0.3) is 0 Å². The largest absolute Gasteiger partial charge is 0.493 e. The molecule has 0 N–H and O–H groups in total. The Hall–Kier alpha value is -3.15. The van der Waals surface area contributed by atoms with Gasteiger partial charge in [0.15, 0.2) is 0 Å². The number of carbonyl (C=O) groups is 3. The Morgan fingerprint density at radius 3 is 2.10 bits per heavy atom. The lowest BCUT2D eigenvalue weighted by Crippen LogP contribution is -2.41. The molecule has 0 aliphatic carbocycles. The molecule has 0 bridgehead atoms. The van der Waals surface area contributed by atoms with Crippen molar-refractivity contribution in [1.29, 1.82) is 0 Å². The van der Waals surface area contributed by atoms with Gasteiger partial charge in [0.05, 0.1) is 17.7 Å². The molecule has 0 radical (unpaired) electrons. The van der Waals surface area contributed by atoms with Crippen LogP contribution in [0.4, 0.5) is 0 Å². The minimum atomic E-state index is -0.310. The number of carbonyl (C=O) groups excluding carboxylic acids is 3. The van der Waals surface area contributed by atoms with E-state index in [4.69, 9.17) is 4.74 Å². The summed E-state index contributed by atoms with van der Waals surface area (Å²) in [6.07, 6.45) is 1.95. The fourth-order valence-electron chi connectivity index (χ4n) is 3.89. The number of likely N-dealkylation sites (tertiary alicyclic amines) is 1. The van der Waals surface area contributed by atoms with E-state index in [2.05, 4.69) is 0 Å². The van der Waals surface area contributed by atoms with Gasteiger partial charge < -0.3 is 9.64 Å². The highest BCUT2D eigenvalue weighted by Crippen LogP contribution is 2.23. The van der Waals surface area contributed by atoms with Gasteiger partial charge in [0.1, 0.15) is 5.75 Å². The molecule has 2 aliphatic heterocycles. The number of nitrogens with zero attached hydrogens (tertiary/aromatic N) is 2. The van der Waals surface area contributed by atoms with E-state index in [1.807, 2.05) is 35.2 Å². The van der Waals surface area contributed by atoms with Crippen molar-refractivity contribution >= 4 is 17.7 Å². The lowest BCUT2D eigenvalue weighted by atomic mass is 9.97. The number of para-hydroxylation sites is 1. The molecule has 6 nitrogen and oxygen atoms in total. The second-order valence-corrected chi connectivity index (χ2v) is 7.51. The van der Waals surface area contributed by atoms with Gasteiger partial charge in [-0.1, -0.05) is 30.3 Å². The molecule has 2 aliphatic rings. The van der Waals surface area contributed by atoms with Crippen LogP contribution in [0.5, 0.6) is 5.75 Å². The Bertz CT molecular complexity index is 869. The number of imide groups is 1. The van der Waals surface area contributed by atoms with E-state index < -0.39 is 0 Å². The zero-order chi connectivity index (χ0) is 20.2. The SMILES string of the molecule is O=C(CCN1C(=O)c2ccccc2C1=O)N1CCC(COc2ccccc2)CC1. The summed E-state index contributed by atoms with van der Waals surface area (Å²) in [6.45, 7) is 2.15. The third-order valence-corrected chi connectivity index (χ3v) is 5.62. The first-order valence-electron chi connectivity index (χ1n) is 10.0. The molecule has 0 spiro atoms. The maximum atomic E-state index is 12.6. The van der Waals surface area contributed by atoms with E-state index in [-0.39, 0.29) is 30.7 Å². The predicted octanol–water partition coefficient (Wildman–Crippen LogP) is 2.99. The molecule has 0 atom stereocenters. The van der Waals surface area contributed by atoms with Crippen molar-refractivity contribution < 1.29 is 19.1 Å². The molecular formula is C23H24N2O4. The molecule has 1 fully saturated rings. The Balaban J connectivity index is 1.23. The molecule has 2 aromatic carbocycles. The van der Waals surface area contributed by atoms with Gasteiger partial charge in [-0.05, 0) is 43.0 Å². The van der Waals surface area contributed by atoms with Gasteiger partial charge in [-0.2, -0.15) is 0 Å². The van der Waals surface area contributed by atoms with Crippen LogP contribution in [0.3, 0.4) is 0 Å². The third kappa shape index (κ3) is 4.16. The second-order valence-electron chi connectivity index (χ2n) is 7.51. The van der Waals surface area contributed by atoms with Crippen molar-refractivity contribution in [3.8, 4) is 5.75 Å². The molecule has 6 heteroatoms. The highest BCUT2D eigenvalue weighted by atomic mass is 16.5. The van der Waals surface area contributed by atoms with E-state index in [1.165, 1.54) is 4.90 Å². The molecule has 2 aromatic rings. The van der Waals surface area contributed by atoms with Crippen LogP contribution in [0.1, 0.15) is 40.0 Å². The quantitative estimate of drug-likeness (QED) is 0.709. The Morgan fingerprint density at radius 1 is 0.897 bits per heavy atom. The summed E-state index contributed by atoms with van der Waals surface area (Å²) < 4.78 is 5.83. The van der Waals surface area contributed by atoms with Gasteiger partial charge >= 0.3 is 0 Å². The number of amides is 3. The first kappa shape index (κ1) is 19.2. The average molecular weight is 392 g/mol. The minimum absolute atomic E-state index is 0.0102.